The molecule has 1 aromatic rings. The van der Waals surface area contributed by atoms with Crippen LogP contribution >= 0.6 is 0 Å². The molecule has 5 heteroatoms. The monoisotopic (exact) mass is 317 g/mol. The Balaban J connectivity index is 1.76. The summed E-state index contributed by atoms with van der Waals surface area (Å²) < 4.78 is 0. The van der Waals surface area contributed by atoms with E-state index in [4.69, 9.17) is 0 Å². The SMILES string of the molecule is CCNC(=NCc1ccccn1)NCC(C)CN1CCCCC1. The van der Waals surface area contributed by atoms with Crippen LogP contribution in [-0.2, 0) is 6.54 Å². The second-order valence-corrected chi connectivity index (χ2v) is 6.36. The maximum atomic E-state index is 4.62. The fourth-order valence-electron chi connectivity index (χ4n) is 2.91. The number of nitrogens with one attached hydrogen (secondary N) is 2. The molecular weight excluding hydrogens is 286 g/mol. The van der Waals surface area contributed by atoms with Crippen molar-refractivity contribution >= 4 is 5.96 Å². The predicted molar refractivity (Wildman–Crippen MR) is 96.5 cm³/mol. The summed E-state index contributed by atoms with van der Waals surface area (Å²) in [6, 6.07) is 5.93. The number of aliphatic imine (C=N–C) groups is 1. The molecular formula is C18H31N5. The number of rotatable bonds is 7. The van der Waals surface area contributed by atoms with Crippen LogP contribution in [-0.4, -0.2) is 48.6 Å². The molecule has 23 heavy (non-hydrogen) atoms. The van der Waals surface area contributed by atoms with Crippen molar-refractivity contribution in [1.29, 1.82) is 0 Å². The van der Waals surface area contributed by atoms with E-state index in [9.17, 15) is 0 Å². The van der Waals surface area contributed by atoms with Gasteiger partial charge in [0.2, 0.25) is 0 Å². The number of nitrogens with zero attached hydrogens (tertiary/aromatic N) is 3. The lowest BCUT2D eigenvalue weighted by Gasteiger charge is -2.29. The first-order valence-electron chi connectivity index (χ1n) is 8.92. The van der Waals surface area contributed by atoms with E-state index in [0.29, 0.717) is 12.5 Å². The molecule has 1 fully saturated rings. The van der Waals surface area contributed by atoms with E-state index in [1.165, 1.54) is 38.9 Å². The Morgan fingerprint density at radius 3 is 2.78 bits per heavy atom. The summed E-state index contributed by atoms with van der Waals surface area (Å²) in [6.07, 6.45) is 5.92. The molecule has 1 aliphatic rings. The van der Waals surface area contributed by atoms with Crippen molar-refractivity contribution in [2.75, 3.05) is 32.7 Å². The van der Waals surface area contributed by atoms with Crippen LogP contribution in [0.1, 0.15) is 38.8 Å². The highest BCUT2D eigenvalue weighted by Gasteiger charge is 2.13. The molecule has 0 bridgehead atoms. The third kappa shape index (κ3) is 6.99. The molecule has 1 unspecified atom stereocenters. The average Bonchev–Trinajstić information content (AvgIpc) is 2.59. The summed E-state index contributed by atoms with van der Waals surface area (Å²) in [4.78, 5) is 11.5. The highest BCUT2D eigenvalue weighted by Crippen LogP contribution is 2.10. The molecule has 2 N–H and O–H groups in total. The van der Waals surface area contributed by atoms with Gasteiger partial charge in [0.25, 0.3) is 0 Å². The highest BCUT2D eigenvalue weighted by molar-refractivity contribution is 5.79. The molecule has 1 aliphatic heterocycles. The molecule has 0 aliphatic carbocycles. The van der Waals surface area contributed by atoms with Crippen molar-refractivity contribution in [2.45, 2.75) is 39.7 Å². The second kappa shape index (κ2) is 10.2. The Hall–Kier alpha value is -1.62. The summed E-state index contributed by atoms with van der Waals surface area (Å²) in [5.74, 6) is 1.50. The van der Waals surface area contributed by atoms with Crippen molar-refractivity contribution in [1.82, 2.24) is 20.5 Å². The number of hydrogen-bond donors (Lipinski definition) is 2. The van der Waals surface area contributed by atoms with E-state index in [0.717, 1.165) is 24.7 Å². The molecule has 1 atom stereocenters. The van der Waals surface area contributed by atoms with Crippen molar-refractivity contribution in [3.63, 3.8) is 0 Å². The number of piperidine rings is 1. The smallest absolute Gasteiger partial charge is 0.191 e. The van der Waals surface area contributed by atoms with E-state index >= 15 is 0 Å². The van der Waals surface area contributed by atoms with Gasteiger partial charge in [0.1, 0.15) is 0 Å². The fourth-order valence-corrected chi connectivity index (χ4v) is 2.91. The Kier molecular flexibility index (Phi) is 7.87. The number of pyridine rings is 1. The quantitative estimate of drug-likeness (QED) is 0.598. The second-order valence-electron chi connectivity index (χ2n) is 6.36. The molecule has 0 amide bonds. The average molecular weight is 317 g/mol. The van der Waals surface area contributed by atoms with Crippen LogP contribution in [0.5, 0.6) is 0 Å². The lowest BCUT2D eigenvalue weighted by atomic mass is 10.1. The van der Waals surface area contributed by atoms with E-state index in [2.05, 4.69) is 39.4 Å². The van der Waals surface area contributed by atoms with Gasteiger partial charge in [-0.3, -0.25) is 4.98 Å². The zero-order valence-electron chi connectivity index (χ0n) is 14.6. The zero-order valence-corrected chi connectivity index (χ0v) is 14.6. The third-order valence-electron chi connectivity index (χ3n) is 4.11. The summed E-state index contributed by atoms with van der Waals surface area (Å²) >= 11 is 0. The Morgan fingerprint density at radius 2 is 2.09 bits per heavy atom. The maximum absolute atomic E-state index is 4.62. The predicted octanol–water partition coefficient (Wildman–Crippen LogP) is 2.26. The van der Waals surface area contributed by atoms with Gasteiger partial charge in [0.15, 0.2) is 5.96 Å². The van der Waals surface area contributed by atoms with Gasteiger partial charge in [0.05, 0.1) is 12.2 Å². The van der Waals surface area contributed by atoms with Gasteiger partial charge < -0.3 is 15.5 Å². The van der Waals surface area contributed by atoms with Gasteiger partial charge in [-0.15, -0.1) is 0 Å². The first-order valence-corrected chi connectivity index (χ1v) is 8.92. The Labute approximate surface area is 140 Å². The summed E-state index contributed by atoms with van der Waals surface area (Å²) in [7, 11) is 0. The summed E-state index contributed by atoms with van der Waals surface area (Å²) in [5.41, 5.74) is 0.992. The molecule has 2 heterocycles. The number of likely N-dealkylation sites (tertiary alicyclic amines) is 1. The van der Waals surface area contributed by atoms with Crippen molar-refractivity contribution in [3.05, 3.63) is 30.1 Å². The lowest BCUT2D eigenvalue weighted by Crippen LogP contribution is -2.42. The van der Waals surface area contributed by atoms with Gasteiger partial charge in [-0.05, 0) is 50.9 Å². The number of guanidine groups is 1. The van der Waals surface area contributed by atoms with Crippen LogP contribution in [0.25, 0.3) is 0 Å². The number of hydrogen-bond acceptors (Lipinski definition) is 3. The zero-order chi connectivity index (χ0) is 16.3. The first-order chi connectivity index (χ1) is 11.3. The van der Waals surface area contributed by atoms with Crippen LogP contribution in [0, 0.1) is 5.92 Å². The van der Waals surface area contributed by atoms with Gasteiger partial charge in [0, 0.05) is 25.8 Å². The van der Waals surface area contributed by atoms with Crippen molar-refractivity contribution in [3.8, 4) is 0 Å². The highest BCUT2D eigenvalue weighted by atomic mass is 15.2. The standard InChI is InChI=1S/C18H31N5/c1-3-19-18(22-14-17-9-5-6-10-20-17)21-13-16(2)15-23-11-7-4-8-12-23/h5-6,9-10,16H,3-4,7-8,11-15H2,1-2H3,(H2,19,21,22). The molecule has 2 rings (SSSR count). The molecule has 0 spiro atoms. The maximum Gasteiger partial charge on any atom is 0.191 e. The normalized spacial score (nSPS) is 17.7. The largest absolute Gasteiger partial charge is 0.357 e. The van der Waals surface area contributed by atoms with Crippen molar-refractivity contribution < 1.29 is 0 Å². The van der Waals surface area contributed by atoms with Crippen LogP contribution in [0.4, 0.5) is 0 Å². The van der Waals surface area contributed by atoms with Crippen LogP contribution in [0.3, 0.4) is 0 Å². The lowest BCUT2D eigenvalue weighted by molar-refractivity contribution is 0.201. The van der Waals surface area contributed by atoms with Gasteiger partial charge in [-0.1, -0.05) is 19.4 Å². The molecule has 1 saturated heterocycles. The minimum absolute atomic E-state index is 0.608. The van der Waals surface area contributed by atoms with Crippen LogP contribution < -0.4 is 10.6 Å². The molecule has 0 aromatic carbocycles. The van der Waals surface area contributed by atoms with Gasteiger partial charge in [-0.2, -0.15) is 0 Å². The minimum Gasteiger partial charge on any atom is -0.357 e. The Morgan fingerprint density at radius 1 is 1.26 bits per heavy atom. The molecule has 1 aromatic heterocycles. The van der Waals surface area contributed by atoms with E-state index in [1.54, 1.807) is 0 Å². The minimum atomic E-state index is 0.608. The van der Waals surface area contributed by atoms with E-state index in [-0.39, 0.29) is 0 Å². The van der Waals surface area contributed by atoms with E-state index in [1.807, 2.05) is 24.4 Å². The molecule has 0 radical (unpaired) electrons. The fraction of sp³-hybridized carbons (Fsp3) is 0.667. The molecule has 128 valence electrons. The third-order valence-corrected chi connectivity index (χ3v) is 4.11. The first kappa shape index (κ1) is 17.7. The van der Waals surface area contributed by atoms with Gasteiger partial charge >= 0.3 is 0 Å². The van der Waals surface area contributed by atoms with Gasteiger partial charge in [-0.25, -0.2) is 4.99 Å². The topological polar surface area (TPSA) is 52.6 Å². The summed E-state index contributed by atoms with van der Waals surface area (Å²) in [6.45, 7) is 10.5. The van der Waals surface area contributed by atoms with Crippen LogP contribution in [0.2, 0.25) is 0 Å². The number of aromatic nitrogens is 1. The van der Waals surface area contributed by atoms with Crippen molar-refractivity contribution in [2.24, 2.45) is 10.9 Å². The van der Waals surface area contributed by atoms with E-state index < -0.39 is 0 Å². The molecule has 0 saturated carbocycles. The summed E-state index contributed by atoms with van der Waals surface area (Å²) in [5, 5.41) is 6.77. The molecule has 5 nitrogen and oxygen atoms in total. The van der Waals surface area contributed by atoms with Crippen LogP contribution in [0.15, 0.2) is 29.4 Å². The Bertz CT molecular complexity index is 454.